The molecule has 0 aliphatic rings. The lowest BCUT2D eigenvalue weighted by atomic mass is 10.2. The Labute approximate surface area is 106 Å². The molecule has 6 nitrogen and oxygen atoms in total. The van der Waals surface area contributed by atoms with Crippen LogP contribution in [0.3, 0.4) is 0 Å². The number of ether oxygens (including phenoxy) is 1. The van der Waals surface area contributed by atoms with Crippen molar-refractivity contribution in [3.8, 4) is 0 Å². The van der Waals surface area contributed by atoms with Crippen LogP contribution in [0.1, 0.15) is 23.0 Å². The predicted octanol–water partition coefficient (Wildman–Crippen LogP) is 0.725. The monoisotopic (exact) mass is 251 g/mol. The van der Waals surface area contributed by atoms with Crippen molar-refractivity contribution >= 4 is 17.7 Å². The summed E-state index contributed by atoms with van der Waals surface area (Å²) in [5.74, 6) is 0.192. The third-order valence-electron chi connectivity index (χ3n) is 2.30. The fourth-order valence-electron chi connectivity index (χ4n) is 1.41. The molecular weight excluding hydrogens is 234 g/mol. The maximum atomic E-state index is 11.4. The van der Waals surface area contributed by atoms with Gasteiger partial charge < -0.3 is 15.4 Å². The number of aryl methyl sites for hydroxylation is 1. The van der Waals surface area contributed by atoms with Crippen LogP contribution in [0.15, 0.2) is 12.1 Å². The van der Waals surface area contributed by atoms with Gasteiger partial charge in [0.05, 0.1) is 18.4 Å². The van der Waals surface area contributed by atoms with E-state index in [9.17, 15) is 9.59 Å². The largest absolute Gasteiger partial charge is 0.465 e. The van der Waals surface area contributed by atoms with Gasteiger partial charge in [-0.05, 0) is 19.1 Å². The lowest BCUT2D eigenvalue weighted by Gasteiger charge is -2.08. The first-order valence-electron chi connectivity index (χ1n) is 5.59. The average molecular weight is 251 g/mol. The van der Waals surface area contributed by atoms with Gasteiger partial charge in [0, 0.05) is 20.0 Å². The fraction of sp³-hybridized carbons (Fsp3) is 0.417. The second-order valence-corrected chi connectivity index (χ2v) is 3.73. The molecule has 0 radical (unpaired) electrons. The lowest BCUT2D eigenvalue weighted by molar-refractivity contribution is -0.118. The molecule has 1 heterocycles. The van der Waals surface area contributed by atoms with E-state index in [0.717, 1.165) is 0 Å². The molecule has 18 heavy (non-hydrogen) atoms. The van der Waals surface area contributed by atoms with E-state index < -0.39 is 5.97 Å². The minimum absolute atomic E-state index is 0.0676. The van der Waals surface area contributed by atoms with E-state index in [4.69, 9.17) is 0 Å². The number of nitrogens with one attached hydrogen (secondary N) is 2. The minimum atomic E-state index is -0.398. The highest BCUT2D eigenvalue weighted by atomic mass is 16.5. The van der Waals surface area contributed by atoms with Gasteiger partial charge in [0.1, 0.15) is 5.82 Å². The topological polar surface area (TPSA) is 80.3 Å². The van der Waals surface area contributed by atoms with E-state index >= 15 is 0 Å². The summed E-state index contributed by atoms with van der Waals surface area (Å²) in [6, 6.07) is 3.36. The molecule has 1 rings (SSSR count). The molecule has 1 aromatic rings. The second kappa shape index (κ2) is 6.58. The third kappa shape index (κ3) is 4.04. The molecular formula is C12H17N3O3. The first kappa shape index (κ1) is 14.0. The SMILES string of the molecule is COC(=O)c1ccc(NCCNC(C)=O)nc1C. The Morgan fingerprint density at radius 3 is 2.61 bits per heavy atom. The van der Waals surface area contributed by atoms with Crippen LogP contribution in [0.5, 0.6) is 0 Å². The normalized spacial score (nSPS) is 9.72. The summed E-state index contributed by atoms with van der Waals surface area (Å²) in [5.41, 5.74) is 1.05. The Morgan fingerprint density at radius 2 is 2.06 bits per heavy atom. The average Bonchev–Trinajstić information content (AvgIpc) is 2.33. The van der Waals surface area contributed by atoms with Gasteiger partial charge in [0.25, 0.3) is 0 Å². The van der Waals surface area contributed by atoms with Gasteiger partial charge in [-0.1, -0.05) is 0 Å². The minimum Gasteiger partial charge on any atom is -0.465 e. The van der Waals surface area contributed by atoms with Crippen molar-refractivity contribution in [1.82, 2.24) is 10.3 Å². The maximum Gasteiger partial charge on any atom is 0.339 e. The summed E-state index contributed by atoms with van der Waals surface area (Å²) in [5, 5.41) is 5.71. The van der Waals surface area contributed by atoms with Crippen molar-refractivity contribution in [2.45, 2.75) is 13.8 Å². The molecule has 6 heteroatoms. The Hall–Kier alpha value is -2.11. The molecule has 1 aromatic heterocycles. The molecule has 0 saturated carbocycles. The quantitative estimate of drug-likeness (QED) is 0.595. The van der Waals surface area contributed by atoms with E-state index in [1.165, 1.54) is 14.0 Å². The van der Waals surface area contributed by atoms with Gasteiger partial charge in [-0.15, -0.1) is 0 Å². The molecule has 0 atom stereocenters. The molecule has 0 aliphatic heterocycles. The van der Waals surface area contributed by atoms with Crippen molar-refractivity contribution in [3.63, 3.8) is 0 Å². The summed E-state index contributed by atoms with van der Waals surface area (Å²) >= 11 is 0. The Morgan fingerprint density at radius 1 is 1.33 bits per heavy atom. The number of carbonyl (C=O) groups excluding carboxylic acids is 2. The molecule has 98 valence electrons. The van der Waals surface area contributed by atoms with Gasteiger partial charge >= 0.3 is 5.97 Å². The zero-order valence-corrected chi connectivity index (χ0v) is 10.7. The fourth-order valence-corrected chi connectivity index (χ4v) is 1.41. The summed E-state index contributed by atoms with van der Waals surface area (Å²) < 4.78 is 4.64. The highest BCUT2D eigenvalue weighted by Crippen LogP contribution is 2.11. The summed E-state index contributed by atoms with van der Waals surface area (Å²) in [7, 11) is 1.33. The number of rotatable bonds is 5. The Kier molecular flexibility index (Phi) is 5.10. The van der Waals surface area contributed by atoms with Crippen LogP contribution in [0.25, 0.3) is 0 Å². The van der Waals surface area contributed by atoms with Crippen LogP contribution in [0.4, 0.5) is 5.82 Å². The number of hydrogen-bond donors (Lipinski definition) is 2. The van der Waals surface area contributed by atoms with E-state index in [1.807, 2.05) is 0 Å². The number of hydrogen-bond acceptors (Lipinski definition) is 5. The van der Waals surface area contributed by atoms with Gasteiger partial charge in [0.15, 0.2) is 0 Å². The number of aromatic nitrogens is 1. The summed E-state index contributed by atoms with van der Waals surface area (Å²) in [6.07, 6.45) is 0. The zero-order chi connectivity index (χ0) is 13.5. The maximum absolute atomic E-state index is 11.4. The first-order chi connectivity index (χ1) is 8.54. The van der Waals surface area contributed by atoms with Crippen molar-refractivity contribution < 1.29 is 14.3 Å². The molecule has 0 aromatic carbocycles. The Balaban J connectivity index is 2.56. The van der Waals surface area contributed by atoms with Crippen molar-refractivity contribution in [3.05, 3.63) is 23.4 Å². The number of amides is 1. The van der Waals surface area contributed by atoms with Crippen LogP contribution >= 0.6 is 0 Å². The van der Waals surface area contributed by atoms with Gasteiger partial charge in [-0.25, -0.2) is 9.78 Å². The molecule has 0 bridgehead atoms. The van der Waals surface area contributed by atoms with Gasteiger partial charge in [-0.2, -0.15) is 0 Å². The van der Waals surface area contributed by atoms with Crippen molar-refractivity contribution in [1.29, 1.82) is 0 Å². The number of esters is 1. The molecule has 0 spiro atoms. The van der Waals surface area contributed by atoms with Crippen LogP contribution in [-0.4, -0.2) is 37.1 Å². The second-order valence-electron chi connectivity index (χ2n) is 3.73. The first-order valence-corrected chi connectivity index (χ1v) is 5.59. The highest BCUT2D eigenvalue weighted by Gasteiger charge is 2.10. The Bertz CT molecular complexity index is 446. The van der Waals surface area contributed by atoms with Gasteiger partial charge in [0.2, 0.25) is 5.91 Å². The van der Waals surface area contributed by atoms with E-state index in [1.54, 1.807) is 19.1 Å². The molecule has 0 fully saturated rings. The summed E-state index contributed by atoms with van der Waals surface area (Å²) in [4.78, 5) is 26.2. The van der Waals surface area contributed by atoms with Crippen molar-refractivity contribution in [2.75, 3.05) is 25.5 Å². The van der Waals surface area contributed by atoms with Gasteiger partial charge in [-0.3, -0.25) is 4.79 Å². The zero-order valence-electron chi connectivity index (χ0n) is 10.7. The smallest absolute Gasteiger partial charge is 0.339 e. The van der Waals surface area contributed by atoms with Crippen LogP contribution in [0, 0.1) is 6.92 Å². The number of carbonyl (C=O) groups is 2. The predicted molar refractivity (Wildman–Crippen MR) is 67.5 cm³/mol. The summed E-state index contributed by atoms with van der Waals surface area (Å²) in [6.45, 7) is 4.30. The van der Waals surface area contributed by atoms with E-state index in [0.29, 0.717) is 30.2 Å². The molecule has 0 unspecified atom stereocenters. The van der Waals surface area contributed by atoms with E-state index in [2.05, 4.69) is 20.4 Å². The molecule has 2 N–H and O–H groups in total. The lowest BCUT2D eigenvalue weighted by Crippen LogP contribution is -2.26. The molecule has 0 aliphatic carbocycles. The number of anilines is 1. The molecule has 1 amide bonds. The number of nitrogens with zero attached hydrogens (tertiary/aromatic N) is 1. The van der Waals surface area contributed by atoms with Crippen LogP contribution in [-0.2, 0) is 9.53 Å². The van der Waals surface area contributed by atoms with Crippen LogP contribution < -0.4 is 10.6 Å². The highest BCUT2D eigenvalue weighted by molar-refractivity contribution is 5.90. The molecule has 0 saturated heterocycles. The number of methoxy groups -OCH3 is 1. The van der Waals surface area contributed by atoms with Crippen molar-refractivity contribution in [2.24, 2.45) is 0 Å². The standard InChI is InChI=1S/C12H17N3O3/c1-8-10(12(17)18-3)4-5-11(15-8)14-7-6-13-9(2)16/h4-5H,6-7H2,1-3H3,(H,13,16)(H,14,15). The van der Waals surface area contributed by atoms with Crippen LogP contribution in [0.2, 0.25) is 0 Å². The number of pyridine rings is 1. The third-order valence-corrected chi connectivity index (χ3v) is 2.30. The van der Waals surface area contributed by atoms with E-state index in [-0.39, 0.29) is 5.91 Å².